The largest absolute Gasteiger partial charge is 0.464 e. The second-order valence-corrected chi connectivity index (χ2v) is 9.39. The van der Waals surface area contributed by atoms with E-state index in [1.807, 2.05) is 0 Å². The molecule has 200 valence electrons. The van der Waals surface area contributed by atoms with Crippen molar-refractivity contribution in [3.05, 3.63) is 35.9 Å². The zero-order valence-electron chi connectivity index (χ0n) is 19.8. The van der Waals surface area contributed by atoms with Crippen LogP contribution in [0.25, 0.3) is 0 Å². The quantitative estimate of drug-likeness (QED) is 0.146. The number of benzene rings is 1. The highest BCUT2D eigenvalue weighted by molar-refractivity contribution is 7.84. The Balaban J connectivity index is 1.81. The summed E-state index contributed by atoms with van der Waals surface area (Å²) in [7, 11) is -5.01. The Morgan fingerprint density at radius 3 is 2.32 bits per heavy atom. The number of β-lactam (4-membered cyclic amide) rings is 1. The average molecular weight is 540 g/mol. The van der Waals surface area contributed by atoms with Gasteiger partial charge in [-0.1, -0.05) is 30.3 Å². The number of ether oxygens (including phenoxy) is 1. The fourth-order valence-corrected chi connectivity index (χ4v) is 4.75. The van der Waals surface area contributed by atoms with Gasteiger partial charge in [0.25, 0.3) is 5.91 Å². The molecule has 2 aliphatic heterocycles. The summed E-state index contributed by atoms with van der Waals surface area (Å²) in [6.45, 7) is 2.35. The predicted octanol–water partition coefficient (Wildman–Crippen LogP) is -1.81. The number of piperazine rings is 1. The molecule has 0 aromatic heterocycles. The molecule has 0 saturated carbocycles. The van der Waals surface area contributed by atoms with Crippen molar-refractivity contribution >= 4 is 45.9 Å². The lowest BCUT2D eigenvalue weighted by Gasteiger charge is -2.44. The van der Waals surface area contributed by atoms with Gasteiger partial charge in [0.1, 0.15) is 24.7 Å². The number of hydrogen-bond acceptors (Lipinski definition) is 9. The highest BCUT2D eigenvalue weighted by Crippen LogP contribution is 2.25. The number of imide groups is 1. The van der Waals surface area contributed by atoms with Gasteiger partial charge in [-0.25, -0.2) is 9.10 Å². The van der Waals surface area contributed by atoms with Gasteiger partial charge in [-0.15, -0.1) is 0 Å². The molecule has 3 rings (SSSR count). The van der Waals surface area contributed by atoms with E-state index in [1.54, 1.807) is 25.1 Å². The first-order valence-corrected chi connectivity index (χ1v) is 12.5. The molecule has 0 aliphatic carbocycles. The number of nitrogens with zero attached hydrogens (tertiary/aromatic N) is 3. The summed E-state index contributed by atoms with van der Waals surface area (Å²) in [5, 5.41) is 4.66. The highest BCUT2D eigenvalue weighted by atomic mass is 32.2. The van der Waals surface area contributed by atoms with Gasteiger partial charge in [-0.2, -0.15) is 8.42 Å². The number of esters is 1. The third-order valence-electron chi connectivity index (χ3n) is 5.77. The minimum absolute atomic E-state index is 0.0640. The van der Waals surface area contributed by atoms with Gasteiger partial charge in [-0.3, -0.25) is 33.4 Å². The standard InChI is InChI=1S/C21H25N5O10S/c1-3-24-9-10-25(20(31)19(24)30)21(32)23-15(13-7-5-4-6-8-13)17(28)22-16-14(11-36-12(2)27)26(18(16)29)37(33,34)35/h4-8,14-16H,3,9-11H2,1-2H3,(H,22,28)(H,23,32)(H,33,34,35)/t14-,15?,16+/m0/s1. The van der Waals surface area contributed by atoms with E-state index in [1.165, 1.54) is 17.0 Å². The molecule has 2 aliphatic rings. The summed E-state index contributed by atoms with van der Waals surface area (Å²) in [6.07, 6.45) is 0. The summed E-state index contributed by atoms with van der Waals surface area (Å²) in [5.41, 5.74) is 0.245. The molecule has 15 nitrogen and oxygen atoms in total. The third-order valence-corrected chi connectivity index (χ3v) is 6.72. The van der Waals surface area contributed by atoms with Gasteiger partial charge in [0.05, 0.1) is 0 Å². The second-order valence-electron chi connectivity index (χ2n) is 8.10. The van der Waals surface area contributed by atoms with Gasteiger partial charge < -0.3 is 20.3 Å². The van der Waals surface area contributed by atoms with Gasteiger partial charge in [0.2, 0.25) is 5.91 Å². The number of rotatable bonds is 8. The molecule has 2 saturated heterocycles. The van der Waals surface area contributed by atoms with E-state index in [2.05, 4.69) is 10.6 Å². The molecule has 2 fully saturated rings. The average Bonchev–Trinajstić information content (AvgIpc) is 2.84. The van der Waals surface area contributed by atoms with Crippen LogP contribution < -0.4 is 10.6 Å². The second kappa shape index (κ2) is 10.9. The van der Waals surface area contributed by atoms with Gasteiger partial charge in [0.15, 0.2) is 0 Å². The van der Waals surface area contributed by atoms with Crippen LogP contribution in [-0.4, -0.2) is 101 Å². The third kappa shape index (κ3) is 5.86. The predicted molar refractivity (Wildman–Crippen MR) is 122 cm³/mol. The Hall–Kier alpha value is -4.05. The van der Waals surface area contributed by atoms with Crippen LogP contribution in [0.2, 0.25) is 0 Å². The minimum atomic E-state index is -5.01. The number of carbonyl (C=O) groups is 6. The first-order chi connectivity index (χ1) is 17.4. The normalized spacial score (nSPS) is 20.7. The van der Waals surface area contributed by atoms with E-state index in [4.69, 9.17) is 4.74 Å². The Bertz CT molecular complexity index is 1220. The van der Waals surface area contributed by atoms with Crippen molar-refractivity contribution in [1.82, 2.24) is 24.7 Å². The van der Waals surface area contributed by atoms with Crippen LogP contribution in [0.4, 0.5) is 4.79 Å². The van der Waals surface area contributed by atoms with Crippen LogP contribution in [0.3, 0.4) is 0 Å². The van der Waals surface area contributed by atoms with E-state index in [9.17, 15) is 41.7 Å². The lowest BCUT2D eigenvalue weighted by molar-refractivity contribution is -0.155. The van der Waals surface area contributed by atoms with Gasteiger partial charge >= 0.3 is 34.1 Å². The van der Waals surface area contributed by atoms with Crippen LogP contribution in [0, 0.1) is 0 Å². The molecule has 0 spiro atoms. The Morgan fingerprint density at radius 2 is 1.76 bits per heavy atom. The first-order valence-electron chi connectivity index (χ1n) is 11.1. The Labute approximate surface area is 211 Å². The molecule has 0 bridgehead atoms. The number of nitrogens with one attached hydrogen (secondary N) is 2. The van der Waals surface area contributed by atoms with Crippen LogP contribution >= 0.6 is 0 Å². The molecule has 0 radical (unpaired) electrons. The van der Waals surface area contributed by atoms with Crippen molar-refractivity contribution in [3.63, 3.8) is 0 Å². The summed E-state index contributed by atoms with van der Waals surface area (Å²) in [6, 6.07) is 2.27. The molecule has 3 N–H and O–H groups in total. The van der Waals surface area contributed by atoms with Crippen LogP contribution in [0.5, 0.6) is 0 Å². The molecule has 37 heavy (non-hydrogen) atoms. The molecule has 6 amide bonds. The van der Waals surface area contributed by atoms with E-state index < -0.39 is 70.7 Å². The maximum atomic E-state index is 13.2. The summed E-state index contributed by atoms with van der Waals surface area (Å²) in [4.78, 5) is 76.2. The molecule has 16 heteroatoms. The Morgan fingerprint density at radius 1 is 1.11 bits per heavy atom. The monoisotopic (exact) mass is 539 g/mol. The van der Waals surface area contributed by atoms with E-state index in [0.29, 0.717) is 4.90 Å². The minimum Gasteiger partial charge on any atom is -0.464 e. The number of hydrogen-bond donors (Lipinski definition) is 3. The number of amides is 6. The molecule has 1 unspecified atom stereocenters. The van der Waals surface area contributed by atoms with Gasteiger partial charge in [-0.05, 0) is 12.5 Å². The van der Waals surface area contributed by atoms with E-state index in [0.717, 1.165) is 6.92 Å². The van der Waals surface area contributed by atoms with Crippen LogP contribution in [0.1, 0.15) is 25.5 Å². The highest BCUT2D eigenvalue weighted by Gasteiger charge is 2.55. The van der Waals surface area contributed by atoms with Crippen LogP contribution in [-0.2, 0) is 39.0 Å². The number of carbonyl (C=O) groups excluding carboxylic acids is 6. The lowest BCUT2D eigenvalue weighted by Crippen LogP contribution is -2.73. The molecule has 3 atom stereocenters. The topological polar surface area (TPSA) is 200 Å². The van der Waals surface area contributed by atoms with E-state index >= 15 is 0 Å². The van der Waals surface area contributed by atoms with Crippen molar-refractivity contribution in [2.45, 2.75) is 32.0 Å². The Kier molecular flexibility index (Phi) is 8.12. The van der Waals surface area contributed by atoms with E-state index in [-0.39, 0.29) is 29.5 Å². The van der Waals surface area contributed by atoms with Crippen LogP contribution in [0.15, 0.2) is 30.3 Å². The molecule has 2 heterocycles. The van der Waals surface area contributed by atoms with Crippen molar-refractivity contribution < 1.29 is 46.5 Å². The summed E-state index contributed by atoms with van der Waals surface area (Å²) < 4.78 is 37.3. The van der Waals surface area contributed by atoms with Crippen molar-refractivity contribution in [2.24, 2.45) is 0 Å². The van der Waals surface area contributed by atoms with Crippen molar-refractivity contribution in [2.75, 3.05) is 26.2 Å². The summed E-state index contributed by atoms with van der Waals surface area (Å²) in [5.74, 6) is -4.90. The maximum Gasteiger partial charge on any atom is 0.362 e. The maximum absolute atomic E-state index is 13.2. The van der Waals surface area contributed by atoms with Crippen molar-refractivity contribution in [3.8, 4) is 0 Å². The summed E-state index contributed by atoms with van der Waals surface area (Å²) >= 11 is 0. The molecule has 1 aromatic carbocycles. The van der Waals surface area contributed by atoms with Gasteiger partial charge in [0, 0.05) is 26.6 Å². The van der Waals surface area contributed by atoms with Crippen molar-refractivity contribution in [1.29, 1.82) is 0 Å². The molecule has 1 aromatic rings. The zero-order valence-corrected chi connectivity index (χ0v) is 20.6. The number of urea groups is 1. The lowest BCUT2D eigenvalue weighted by atomic mass is 9.98. The zero-order chi connectivity index (χ0) is 27.5. The fourth-order valence-electron chi connectivity index (χ4n) is 3.88. The molecular weight excluding hydrogens is 514 g/mol. The number of likely N-dealkylation sites (N-methyl/N-ethyl adjacent to an activating group) is 1. The molecular formula is C21H25N5O10S. The fraction of sp³-hybridized carbons (Fsp3) is 0.429. The smallest absolute Gasteiger partial charge is 0.362 e. The first kappa shape index (κ1) is 27.5. The SMILES string of the molecule is CCN1CCN(C(=O)NC(C(=O)N[C@H]2C(=O)N(S(=O)(=O)O)[C@H]2COC(C)=O)c2ccccc2)C(=O)C1=O.